The maximum Gasteiger partial charge on any atom is 0.265 e. The second-order valence-electron chi connectivity index (χ2n) is 5.34. The van der Waals surface area contributed by atoms with Crippen LogP contribution in [0.1, 0.15) is 33.5 Å². The van der Waals surface area contributed by atoms with Gasteiger partial charge in [0.1, 0.15) is 5.82 Å². The SMILES string of the molecule is C[C@@H]1CCc2sc(C(=O)Nc3ccccc3F)cc2C1. The van der Waals surface area contributed by atoms with E-state index in [1.807, 2.05) is 6.07 Å². The lowest BCUT2D eigenvalue weighted by molar-refractivity contribution is 0.103. The van der Waals surface area contributed by atoms with E-state index in [-0.39, 0.29) is 11.6 Å². The summed E-state index contributed by atoms with van der Waals surface area (Å²) in [4.78, 5) is 14.2. The predicted molar refractivity (Wildman–Crippen MR) is 79.9 cm³/mol. The molecule has 0 saturated heterocycles. The standard InChI is InChI=1S/C16H16FNOS/c1-10-6-7-14-11(8-10)9-15(20-14)16(19)18-13-5-3-2-4-12(13)17/h2-5,9-10H,6-8H2,1H3,(H,18,19)/t10-/m1/s1. The second-order valence-corrected chi connectivity index (χ2v) is 6.48. The van der Waals surface area contributed by atoms with Crippen LogP contribution in [0.15, 0.2) is 30.3 Å². The molecule has 0 spiro atoms. The third kappa shape index (κ3) is 2.61. The summed E-state index contributed by atoms with van der Waals surface area (Å²) in [7, 11) is 0. The van der Waals surface area contributed by atoms with E-state index in [2.05, 4.69) is 12.2 Å². The smallest absolute Gasteiger partial charge is 0.265 e. The predicted octanol–water partition coefficient (Wildman–Crippen LogP) is 4.26. The third-order valence-corrected chi connectivity index (χ3v) is 4.91. The molecule has 0 radical (unpaired) electrons. The molecular weight excluding hydrogens is 273 g/mol. The molecule has 104 valence electrons. The van der Waals surface area contributed by atoms with Gasteiger partial charge >= 0.3 is 0 Å². The molecular formula is C16H16FNOS. The molecule has 1 aliphatic carbocycles. The number of thiophene rings is 1. The highest BCUT2D eigenvalue weighted by molar-refractivity contribution is 7.14. The van der Waals surface area contributed by atoms with Gasteiger partial charge in [0.05, 0.1) is 10.6 Å². The van der Waals surface area contributed by atoms with Gasteiger partial charge < -0.3 is 5.32 Å². The van der Waals surface area contributed by atoms with E-state index in [4.69, 9.17) is 0 Å². The van der Waals surface area contributed by atoms with Crippen LogP contribution in [0.5, 0.6) is 0 Å². The van der Waals surface area contributed by atoms with Gasteiger partial charge in [-0.3, -0.25) is 4.79 Å². The first-order valence-electron chi connectivity index (χ1n) is 6.81. The Bertz CT molecular complexity index is 650. The fraction of sp³-hybridized carbons (Fsp3) is 0.312. The van der Waals surface area contributed by atoms with Gasteiger partial charge in [-0.15, -0.1) is 11.3 Å². The Morgan fingerprint density at radius 1 is 1.40 bits per heavy atom. The molecule has 0 bridgehead atoms. The minimum absolute atomic E-state index is 0.220. The number of anilines is 1. The van der Waals surface area contributed by atoms with Gasteiger partial charge in [0.15, 0.2) is 0 Å². The van der Waals surface area contributed by atoms with Crippen molar-refractivity contribution in [2.24, 2.45) is 5.92 Å². The van der Waals surface area contributed by atoms with Crippen LogP contribution in [0.25, 0.3) is 0 Å². The molecule has 1 heterocycles. The van der Waals surface area contributed by atoms with Crippen molar-refractivity contribution >= 4 is 22.9 Å². The number of aryl methyl sites for hydroxylation is 1. The molecule has 0 fully saturated rings. The average molecular weight is 289 g/mol. The van der Waals surface area contributed by atoms with Crippen molar-refractivity contribution in [3.8, 4) is 0 Å². The lowest BCUT2D eigenvalue weighted by Gasteiger charge is -2.16. The minimum atomic E-state index is -0.407. The number of fused-ring (bicyclic) bond motifs is 1. The van der Waals surface area contributed by atoms with Crippen LogP contribution < -0.4 is 5.32 Å². The molecule has 0 aliphatic heterocycles. The van der Waals surface area contributed by atoms with Crippen molar-refractivity contribution in [3.05, 3.63) is 51.5 Å². The van der Waals surface area contributed by atoms with E-state index in [0.717, 1.165) is 12.8 Å². The van der Waals surface area contributed by atoms with Crippen molar-refractivity contribution in [1.29, 1.82) is 0 Å². The molecule has 0 saturated carbocycles. The van der Waals surface area contributed by atoms with Crippen LogP contribution >= 0.6 is 11.3 Å². The summed E-state index contributed by atoms with van der Waals surface area (Å²) in [5.74, 6) is 0.0533. The fourth-order valence-corrected chi connectivity index (χ4v) is 3.67. The van der Waals surface area contributed by atoms with Gasteiger partial charge in [0, 0.05) is 4.88 Å². The number of halogens is 1. The van der Waals surface area contributed by atoms with Crippen LogP contribution in [-0.4, -0.2) is 5.91 Å². The molecule has 1 atom stereocenters. The number of carbonyl (C=O) groups is 1. The van der Waals surface area contributed by atoms with E-state index >= 15 is 0 Å². The Kier molecular flexibility index (Phi) is 3.57. The van der Waals surface area contributed by atoms with E-state index in [9.17, 15) is 9.18 Å². The van der Waals surface area contributed by atoms with E-state index in [0.29, 0.717) is 10.8 Å². The summed E-state index contributed by atoms with van der Waals surface area (Å²) in [6.45, 7) is 2.24. The summed E-state index contributed by atoms with van der Waals surface area (Å²) in [5, 5.41) is 2.64. The summed E-state index contributed by atoms with van der Waals surface area (Å²) in [6, 6.07) is 8.20. The van der Waals surface area contributed by atoms with Crippen molar-refractivity contribution < 1.29 is 9.18 Å². The molecule has 3 rings (SSSR count). The van der Waals surface area contributed by atoms with Gasteiger partial charge in [-0.1, -0.05) is 19.1 Å². The summed E-state index contributed by atoms with van der Waals surface area (Å²) in [5.41, 5.74) is 1.52. The van der Waals surface area contributed by atoms with Crippen LogP contribution in [-0.2, 0) is 12.8 Å². The van der Waals surface area contributed by atoms with Gasteiger partial charge in [-0.05, 0) is 48.9 Å². The maximum atomic E-state index is 13.5. The zero-order valence-corrected chi connectivity index (χ0v) is 12.1. The lowest BCUT2D eigenvalue weighted by atomic mass is 9.90. The molecule has 0 unspecified atom stereocenters. The van der Waals surface area contributed by atoms with Crippen molar-refractivity contribution in [2.45, 2.75) is 26.2 Å². The molecule has 2 aromatic rings. The number of amides is 1. The van der Waals surface area contributed by atoms with Crippen LogP contribution in [0.4, 0.5) is 10.1 Å². The van der Waals surface area contributed by atoms with Crippen LogP contribution in [0.3, 0.4) is 0 Å². The summed E-state index contributed by atoms with van der Waals surface area (Å²) < 4.78 is 13.5. The molecule has 1 aromatic carbocycles. The molecule has 20 heavy (non-hydrogen) atoms. The van der Waals surface area contributed by atoms with E-state index in [1.165, 1.54) is 34.3 Å². The first-order valence-corrected chi connectivity index (χ1v) is 7.62. The van der Waals surface area contributed by atoms with Gasteiger partial charge in [-0.2, -0.15) is 0 Å². The third-order valence-electron chi connectivity index (χ3n) is 3.68. The normalized spacial score (nSPS) is 17.6. The highest BCUT2D eigenvalue weighted by Gasteiger charge is 2.21. The number of rotatable bonds is 2. The quantitative estimate of drug-likeness (QED) is 0.879. The minimum Gasteiger partial charge on any atom is -0.319 e. The number of benzene rings is 1. The van der Waals surface area contributed by atoms with Crippen LogP contribution in [0, 0.1) is 11.7 Å². The largest absolute Gasteiger partial charge is 0.319 e. The number of hydrogen-bond donors (Lipinski definition) is 1. The monoisotopic (exact) mass is 289 g/mol. The molecule has 1 aliphatic rings. The summed E-state index contributed by atoms with van der Waals surface area (Å²) in [6.07, 6.45) is 3.27. The average Bonchev–Trinajstić information content (AvgIpc) is 2.84. The maximum absolute atomic E-state index is 13.5. The first kappa shape index (κ1) is 13.3. The van der Waals surface area contributed by atoms with Gasteiger partial charge in [0.2, 0.25) is 0 Å². The number of nitrogens with one attached hydrogen (secondary N) is 1. The Labute approximate surface area is 121 Å². The molecule has 4 heteroatoms. The van der Waals surface area contributed by atoms with Crippen molar-refractivity contribution in [2.75, 3.05) is 5.32 Å². The topological polar surface area (TPSA) is 29.1 Å². The Hall–Kier alpha value is -1.68. The van der Waals surface area contributed by atoms with Crippen LogP contribution in [0.2, 0.25) is 0 Å². The Balaban J connectivity index is 1.80. The molecule has 1 aromatic heterocycles. The second kappa shape index (κ2) is 5.37. The van der Waals surface area contributed by atoms with Crippen molar-refractivity contribution in [3.63, 3.8) is 0 Å². The highest BCUT2D eigenvalue weighted by atomic mass is 32.1. The molecule has 1 N–H and O–H groups in total. The molecule has 2 nitrogen and oxygen atoms in total. The Morgan fingerprint density at radius 3 is 3.00 bits per heavy atom. The number of para-hydroxylation sites is 1. The van der Waals surface area contributed by atoms with E-state index < -0.39 is 5.82 Å². The zero-order chi connectivity index (χ0) is 14.1. The van der Waals surface area contributed by atoms with Crippen molar-refractivity contribution in [1.82, 2.24) is 0 Å². The fourth-order valence-electron chi connectivity index (χ4n) is 2.56. The summed E-state index contributed by atoms with van der Waals surface area (Å²) >= 11 is 1.54. The Morgan fingerprint density at radius 2 is 2.20 bits per heavy atom. The first-order chi connectivity index (χ1) is 9.63. The van der Waals surface area contributed by atoms with Gasteiger partial charge in [0.25, 0.3) is 5.91 Å². The number of hydrogen-bond acceptors (Lipinski definition) is 2. The molecule has 1 amide bonds. The van der Waals surface area contributed by atoms with E-state index in [1.54, 1.807) is 18.2 Å². The van der Waals surface area contributed by atoms with Gasteiger partial charge in [-0.25, -0.2) is 4.39 Å². The highest BCUT2D eigenvalue weighted by Crippen LogP contribution is 2.32. The lowest BCUT2D eigenvalue weighted by Crippen LogP contribution is -2.11. The zero-order valence-electron chi connectivity index (χ0n) is 11.3. The number of carbonyl (C=O) groups excluding carboxylic acids is 1.